The fraction of sp³-hybridized carbons (Fsp3) is 0.217. The molecule has 0 spiro atoms. The van der Waals surface area contributed by atoms with Gasteiger partial charge in [-0.15, -0.1) is 0 Å². The van der Waals surface area contributed by atoms with Crippen molar-refractivity contribution in [3.05, 3.63) is 72.3 Å². The Balaban J connectivity index is 2.03. The summed E-state index contributed by atoms with van der Waals surface area (Å²) >= 11 is 0. The van der Waals surface area contributed by atoms with Gasteiger partial charge in [-0.3, -0.25) is 4.79 Å². The van der Waals surface area contributed by atoms with E-state index < -0.39 is 0 Å². The Morgan fingerprint density at radius 3 is 2.38 bits per heavy atom. The number of fused-ring (bicyclic) bond motifs is 1. The number of carbonyl (C=O) groups excluding carboxylic acids is 1. The fourth-order valence-electron chi connectivity index (χ4n) is 2.96. The summed E-state index contributed by atoms with van der Waals surface area (Å²) in [6, 6.07) is 16.5. The highest BCUT2D eigenvalue weighted by molar-refractivity contribution is 6.00. The van der Waals surface area contributed by atoms with Crippen LogP contribution in [0.4, 0.5) is 5.69 Å². The molecule has 0 aliphatic rings. The summed E-state index contributed by atoms with van der Waals surface area (Å²) in [5.41, 5.74) is 6.19. The molecule has 0 fully saturated rings. The summed E-state index contributed by atoms with van der Waals surface area (Å²) < 4.78 is 0. The van der Waals surface area contributed by atoms with Crippen molar-refractivity contribution in [1.82, 2.24) is 4.98 Å². The maximum Gasteiger partial charge on any atom is 0.247 e. The second-order valence-electron chi connectivity index (χ2n) is 7.58. The molecule has 0 unspecified atom stereocenters. The van der Waals surface area contributed by atoms with E-state index in [9.17, 15) is 4.79 Å². The summed E-state index contributed by atoms with van der Waals surface area (Å²) in [6.45, 7) is 12.2. The minimum absolute atomic E-state index is 0.128. The van der Waals surface area contributed by atoms with E-state index in [1.165, 1.54) is 11.6 Å². The molecular formula is C23H24N2O. The number of hydrogen-bond acceptors (Lipinski definition) is 2. The lowest BCUT2D eigenvalue weighted by Gasteiger charge is -2.19. The van der Waals surface area contributed by atoms with Gasteiger partial charge in [0, 0.05) is 16.6 Å². The second-order valence-corrected chi connectivity index (χ2v) is 7.58. The number of pyridine rings is 1. The lowest BCUT2D eigenvalue weighted by Crippen LogP contribution is -2.10. The van der Waals surface area contributed by atoms with Crippen molar-refractivity contribution in [2.75, 3.05) is 5.32 Å². The van der Waals surface area contributed by atoms with Gasteiger partial charge >= 0.3 is 0 Å². The van der Waals surface area contributed by atoms with Crippen molar-refractivity contribution < 1.29 is 4.79 Å². The molecule has 0 bridgehead atoms. The van der Waals surface area contributed by atoms with Crippen LogP contribution in [0.2, 0.25) is 0 Å². The van der Waals surface area contributed by atoms with Gasteiger partial charge < -0.3 is 5.32 Å². The summed E-state index contributed by atoms with van der Waals surface area (Å²) in [5.74, 6) is -0.227. The van der Waals surface area contributed by atoms with Gasteiger partial charge in [-0.1, -0.05) is 57.7 Å². The van der Waals surface area contributed by atoms with Crippen molar-refractivity contribution >= 4 is 22.5 Å². The van der Waals surface area contributed by atoms with E-state index in [0.717, 1.165) is 33.4 Å². The topological polar surface area (TPSA) is 42.0 Å². The molecule has 0 saturated carbocycles. The molecule has 3 aromatic rings. The first-order valence-electron chi connectivity index (χ1n) is 8.74. The van der Waals surface area contributed by atoms with Crippen molar-refractivity contribution in [3.63, 3.8) is 0 Å². The third-order valence-electron chi connectivity index (χ3n) is 4.52. The summed E-state index contributed by atoms with van der Waals surface area (Å²) in [7, 11) is 0. The molecule has 3 nitrogen and oxygen atoms in total. The predicted octanol–water partition coefficient (Wildman–Crippen LogP) is 5.63. The van der Waals surface area contributed by atoms with Gasteiger partial charge in [0.25, 0.3) is 0 Å². The Kier molecular flexibility index (Phi) is 4.64. The zero-order valence-corrected chi connectivity index (χ0v) is 15.8. The van der Waals surface area contributed by atoms with Crippen LogP contribution in [0, 0.1) is 6.92 Å². The molecule has 26 heavy (non-hydrogen) atoms. The third kappa shape index (κ3) is 3.67. The first kappa shape index (κ1) is 17.9. The van der Waals surface area contributed by atoms with Crippen LogP contribution in [-0.2, 0) is 10.2 Å². The summed E-state index contributed by atoms with van der Waals surface area (Å²) in [4.78, 5) is 16.4. The van der Waals surface area contributed by atoms with Gasteiger partial charge in [0.2, 0.25) is 5.91 Å². The molecule has 0 atom stereocenters. The number of rotatable bonds is 3. The number of carbonyl (C=O) groups is 1. The first-order chi connectivity index (χ1) is 12.3. The Morgan fingerprint density at radius 1 is 1.08 bits per heavy atom. The van der Waals surface area contributed by atoms with E-state index >= 15 is 0 Å². The second kappa shape index (κ2) is 6.75. The molecule has 0 aliphatic carbocycles. The van der Waals surface area contributed by atoms with Crippen LogP contribution in [0.25, 0.3) is 22.2 Å². The number of aryl methyl sites for hydroxylation is 1. The highest BCUT2D eigenvalue weighted by atomic mass is 16.1. The highest BCUT2D eigenvalue weighted by Gasteiger charge is 2.13. The molecule has 1 heterocycles. The van der Waals surface area contributed by atoms with Crippen LogP contribution in [0.5, 0.6) is 0 Å². The number of anilines is 1. The van der Waals surface area contributed by atoms with Gasteiger partial charge in [0.15, 0.2) is 0 Å². The molecule has 0 aliphatic heterocycles. The van der Waals surface area contributed by atoms with Crippen LogP contribution in [0.3, 0.4) is 0 Å². The standard InChI is InChI=1S/C23H24N2O/c1-6-22(26)24-18-11-12-19-15(2)13-20(25-21(19)14-18)16-7-9-17(10-8-16)23(3,4)5/h6-14H,1H2,2-5H3,(H,24,26). The van der Waals surface area contributed by atoms with Gasteiger partial charge in [-0.2, -0.15) is 0 Å². The van der Waals surface area contributed by atoms with E-state index in [1.54, 1.807) is 0 Å². The summed E-state index contributed by atoms with van der Waals surface area (Å²) in [6.07, 6.45) is 1.26. The van der Waals surface area contributed by atoms with Crippen LogP contribution < -0.4 is 5.32 Å². The maximum atomic E-state index is 11.5. The van der Waals surface area contributed by atoms with E-state index in [4.69, 9.17) is 4.98 Å². The maximum absolute atomic E-state index is 11.5. The van der Waals surface area contributed by atoms with Gasteiger partial charge in [0.05, 0.1) is 11.2 Å². The molecule has 3 heteroatoms. The minimum atomic E-state index is -0.227. The molecular weight excluding hydrogens is 320 g/mol. The SMILES string of the molecule is C=CC(=O)Nc1ccc2c(C)cc(-c3ccc(C(C)(C)C)cc3)nc2c1. The molecule has 0 radical (unpaired) electrons. The average Bonchev–Trinajstić information content (AvgIpc) is 2.60. The predicted molar refractivity (Wildman–Crippen MR) is 109 cm³/mol. The number of nitrogens with one attached hydrogen (secondary N) is 1. The molecule has 1 amide bonds. The highest BCUT2D eigenvalue weighted by Crippen LogP contribution is 2.29. The Morgan fingerprint density at radius 2 is 1.77 bits per heavy atom. The smallest absolute Gasteiger partial charge is 0.247 e. The monoisotopic (exact) mass is 344 g/mol. The Hall–Kier alpha value is -2.94. The largest absolute Gasteiger partial charge is 0.322 e. The molecule has 1 aromatic heterocycles. The Labute approximate surface area is 154 Å². The molecule has 1 N–H and O–H groups in total. The molecule has 2 aromatic carbocycles. The van der Waals surface area contributed by atoms with Crippen molar-refractivity contribution in [1.29, 1.82) is 0 Å². The number of nitrogens with zero attached hydrogens (tertiary/aromatic N) is 1. The van der Waals surface area contributed by atoms with E-state index in [-0.39, 0.29) is 11.3 Å². The van der Waals surface area contributed by atoms with E-state index in [1.807, 2.05) is 18.2 Å². The molecule has 132 valence electrons. The van der Waals surface area contributed by atoms with Crippen LogP contribution in [-0.4, -0.2) is 10.9 Å². The number of aromatic nitrogens is 1. The average molecular weight is 344 g/mol. The molecule has 3 rings (SSSR count). The lowest BCUT2D eigenvalue weighted by atomic mass is 9.86. The van der Waals surface area contributed by atoms with Crippen molar-refractivity contribution in [3.8, 4) is 11.3 Å². The zero-order valence-electron chi connectivity index (χ0n) is 15.8. The van der Waals surface area contributed by atoms with E-state index in [0.29, 0.717) is 0 Å². The normalized spacial score (nSPS) is 11.4. The van der Waals surface area contributed by atoms with Crippen LogP contribution in [0.1, 0.15) is 31.9 Å². The van der Waals surface area contributed by atoms with Gasteiger partial charge in [0.1, 0.15) is 0 Å². The zero-order chi connectivity index (χ0) is 18.9. The van der Waals surface area contributed by atoms with Crippen LogP contribution >= 0.6 is 0 Å². The number of amides is 1. The third-order valence-corrected chi connectivity index (χ3v) is 4.52. The summed E-state index contributed by atoms with van der Waals surface area (Å²) in [5, 5.41) is 3.87. The van der Waals surface area contributed by atoms with Gasteiger partial charge in [-0.05, 0) is 47.7 Å². The van der Waals surface area contributed by atoms with Crippen molar-refractivity contribution in [2.24, 2.45) is 0 Å². The lowest BCUT2D eigenvalue weighted by molar-refractivity contribution is -0.111. The van der Waals surface area contributed by atoms with Crippen molar-refractivity contribution in [2.45, 2.75) is 33.1 Å². The first-order valence-corrected chi connectivity index (χ1v) is 8.74. The molecule has 0 saturated heterocycles. The quantitative estimate of drug-likeness (QED) is 0.625. The number of benzene rings is 2. The van der Waals surface area contributed by atoms with Gasteiger partial charge in [-0.25, -0.2) is 4.98 Å². The number of hydrogen-bond donors (Lipinski definition) is 1. The minimum Gasteiger partial charge on any atom is -0.322 e. The van der Waals surface area contributed by atoms with E-state index in [2.05, 4.69) is 69.9 Å². The Bertz CT molecular complexity index is 980. The van der Waals surface area contributed by atoms with Crippen LogP contribution in [0.15, 0.2) is 61.2 Å². The fourth-order valence-corrected chi connectivity index (χ4v) is 2.96.